The lowest BCUT2D eigenvalue weighted by Gasteiger charge is -2.34. The van der Waals surface area contributed by atoms with Gasteiger partial charge >= 0.3 is 0 Å². The number of hydrogen-bond acceptors (Lipinski definition) is 3. The van der Waals surface area contributed by atoms with Gasteiger partial charge in [0.1, 0.15) is 5.82 Å². The van der Waals surface area contributed by atoms with Crippen LogP contribution in [0, 0.1) is 5.92 Å². The van der Waals surface area contributed by atoms with E-state index in [1.807, 2.05) is 42.2 Å². The van der Waals surface area contributed by atoms with E-state index in [0.717, 1.165) is 37.2 Å². The van der Waals surface area contributed by atoms with Crippen molar-refractivity contribution >= 4 is 23.2 Å². The third-order valence-corrected chi connectivity index (χ3v) is 5.47. The quantitative estimate of drug-likeness (QED) is 0.636. The highest BCUT2D eigenvalue weighted by Gasteiger charge is 2.51. The van der Waals surface area contributed by atoms with E-state index in [4.69, 9.17) is 27.9 Å². The summed E-state index contributed by atoms with van der Waals surface area (Å²) in [7, 11) is 6.16. The van der Waals surface area contributed by atoms with Crippen LogP contribution >= 0.6 is 23.2 Å². The number of rotatable bonds is 8. The third-order valence-electron chi connectivity index (χ3n) is 4.73. The molecule has 25 heavy (non-hydrogen) atoms. The minimum Gasteiger partial charge on any atom is -0.362 e. The second-order valence-electron chi connectivity index (χ2n) is 7.01. The van der Waals surface area contributed by atoms with Gasteiger partial charge in [-0.3, -0.25) is 0 Å². The molecule has 1 aliphatic rings. The molecule has 0 aliphatic heterocycles. The highest BCUT2D eigenvalue weighted by atomic mass is 35.5. The minimum absolute atomic E-state index is 0.408. The van der Waals surface area contributed by atoms with Crippen molar-refractivity contribution in [3.8, 4) is 0 Å². The number of imidazole rings is 1. The molecule has 6 heteroatoms. The first-order valence-corrected chi connectivity index (χ1v) is 9.42. The van der Waals surface area contributed by atoms with Gasteiger partial charge in [0.2, 0.25) is 0 Å². The van der Waals surface area contributed by atoms with Crippen molar-refractivity contribution in [2.45, 2.75) is 24.9 Å². The highest BCUT2D eigenvalue weighted by Crippen LogP contribution is 2.52. The molecule has 3 rings (SSSR count). The topological polar surface area (TPSA) is 30.3 Å². The summed E-state index contributed by atoms with van der Waals surface area (Å²) in [6.07, 6.45) is 7.01. The molecule has 4 nitrogen and oxygen atoms in total. The van der Waals surface area contributed by atoms with Crippen molar-refractivity contribution < 1.29 is 4.74 Å². The number of nitrogens with zero attached hydrogens (tertiary/aromatic N) is 3. The number of ether oxygens (including phenoxy) is 1. The Balaban J connectivity index is 2.00. The first-order chi connectivity index (χ1) is 11.9. The molecule has 1 heterocycles. The van der Waals surface area contributed by atoms with Gasteiger partial charge in [-0.05, 0) is 63.5 Å². The summed E-state index contributed by atoms with van der Waals surface area (Å²) in [5.41, 5.74) is 0.460. The normalized spacial score (nSPS) is 17.0. The molecule has 1 saturated carbocycles. The van der Waals surface area contributed by atoms with Gasteiger partial charge < -0.3 is 14.2 Å². The number of halogens is 2. The largest absolute Gasteiger partial charge is 0.362 e. The molecule has 0 bridgehead atoms. The summed E-state index contributed by atoms with van der Waals surface area (Å²) in [5.74, 6) is 1.34. The summed E-state index contributed by atoms with van der Waals surface area (Å²) in [6, 6.07) is 5.80. The first-order valence-electron chi connectivity index (χ1n) is 8.67. The monoisotopic (exact) mass is 381 g/mol. The van der Waals surface area contributed by atoms with E-state index in [2.05, 4.69) is 24.0 Å². The molecular formula is C19H25Cl2N3O. The van der Waals surface area contributed by atoms with Crippen molar-refractivity contribution in [2.24, 2.45) is 13.0 Å². The van der Waals surface area contributed by atoms with Gasteiger partial charge in [-0.25, -0.2) is 4.98 Å². The van der Waals surface area contributed by atoms with Crippen molar-refractivity contribution in [1.82, 2.24) is 14.5 Å². The summed E-state index contributed by atoms with van der Waals surface area (Å²) < 4.78 is 8.65. The number of hydrogen-bond donors (Lipinski definition) is 0. The highest BCUT2D eigenvalue weighted by molar-refractivity contribution is 6.42. The molecule has 1 aromatic carbocycles. The van der Waals surface area contributed by atoms with E-state index in [0.29, 0.717) is 22.6 Å². The minimum atomic E-state index is -0.571. The van der Waals surface area contributed by atoms with E-state index >= 15 is 0 Å². The molecule has 2 aromatic rings. The Labute approximate surface area is 159 Å². The van der Waals surface area contributed by atoms with Crippen LogP contribution in [0.2, 0.25) is 10.0 Å². The molecular weight excluding hydrogens is 357 g/mol. The van der Waals surface area contributed by atoms with E-state index in [1.54, 1.807) is 0 Å². The van der Waals surface area contributed by atoms with Crippen molar-refractivity contribution in [1.29, 1.82) is 0 Å². The second kappa shape index (κ2) is 7.67. The Morgan fingerprint density at radius 2 is 2.04 bits per heavy atom. The maximum atomic E-state index is 6.60. The molecule has 136 valence electrons. The fourth-order valence-electron chi connectivity index (χ4n) is 3.37. The Morgan fingerprint density at radius 1 is 1.28 bits per heavy atom. The van der Waals surface area contributed by atoms with Gasteiger partial charge in [-0.15, -0.1) is 0 Å². The van der Waals surface area contributed by atoms with Crippen molar-refractivity contribution in [2.75, 3.05) is 27.2 Å². The standard InChI is InChI=1S/C19H25Cl2N3O/c1-23(2)10-4-12-25-19(14-5-6-14,18-22-9-11-24(18)3)15-7-8-16(20)17(21)13-15/h7-9,11,13-14H,4-6,10,12H2,1-3H3. The maximum absolute atomic E-state index is 6.60. The van der Waals surface area contributed by atoms with Gasteiger partial charge in [0.15, 0.2) is 5.60 Å². The maximum Gasteiger partial charge on any atom is 0.153 e. The van der Waals surface area contributed by atoms with E-state index in [-0.39, 0.29) is 0 Å². The zero-order chi connectivity index (χ0) is 18.0. The zero-order valence-electron chi connectivity index (χ0n) is 15.0. The van der Waals surface area contributed by atoms with Crippen molar-refractivity contribution in [3.63, 3.8) is 0 Å². The predicted molar refractivity (Wildman–Crippen MR) is 102 cm³/mol. The molecule has 0 spiro atoms. The average Bonchev–Trinajstić information content (AvgIpc) is 3.33. The van der Waals surface area contributed by atoms with Crippen LogP contribution in [0.25, 0.3) is 0 Å². The molecule has 0 saturated heterocycles. The summed E-state index contributed by atoms with van der Waals surface area (Å²) >= 11 is 12.5. The Kier molecular flexibility index (Phi) is 5.74. The van der Waals surface area contributed by atoms with Crippen molar-refractivity contribution in [3.05, 3.63) is 52.0 Å². The molecule has 0 amide bonds. The van der Waals surface area contributed by atoms with Crippen LogP contribution in [0.3, 0.4) is 0 Å². The van der Waals surface area contributed by atoms with Crippen LogP contribution < -0.4 is 0 Å². The Hall–Kier alpha value is -1.07. The van der Waals surface area contributed by atoms with E-state index in [9.17, 15) is 0 Å². The molecule has 0 N–H and O–H groups in total. The second-order valence-corrected chi connectivity index (χ2v) is 7.82. The molecule has 0 radical (unpaired) electrons. The molecule has 1 aliphatic carbocycles. The summed E-state index contributed by atoms with van der Waals surface area (Å²) in [4.78, 5) is 6.81. The Bertz CT molecular complexity index is 727. The van der Waals surface area contributed by atoms with Gasteiger partial charge in [0.25, 0.3) is 0 Å². The smallest absolute Gasteiger partial charge is 0.153 e. The Morgan fingerprint density at radius 3 is 2.60 bits per heavy atom. The predicted octanol–water partition coefficient (Wildman–Crippen LogP) is 4.35. The van der Waals surface area contributed by atoms with Gasteiger partial charge in [0, 0.05) is 26.0 Å². The first kappa shape index (κ1) is 18.7. The van der Waals surface area contributed by atoms with E-state index < -0.39 is 5.60 Å². The number of benzene rings is 1. The van der Waals surface area contributed by atoms with Gasteiger partial charge in [-0.1, -0.05) is 29.3 Å². The van der Waals surface area contributed by atoms with E-state index in [1.165, 1.54) is 0 Å². The lowest BCUT2D eigenvalue weighted by molar-refractivity contribution is -0.0461. The van der Waals surface area contributed by atoms with Crippen LogP contribution in [0.15, 0.2) is 30.6 Å². The fraction of sp³-hybridized carbons (Fsp3) is 0.526. The van der Waals surface area contributed by atoms with Crippen LogP contribution in [0.5, 0.6) is 0 Å². The summed E-state index contributed by atoms with van der Waals surface area (Å²) in [5, 5.41) is 1.11. The molecule has 1 fully saturated rings. The number of aromatic nitrogens is 2. The van der Waals surface area contributed by atoms with Gasteiger partial charge in [-0.2, -0.15) is 0 Å². The number of aryl methyl sites for hydroxylation is 1. The fourth-order valence-corrected chi connectivity index (χ4v) is 3.67. The summed E-state index contributed by atoms with van der Waals surface area (Å²) in [6.45, 7) is 1.66. The van der Waals surface area contributed by atoms with Crippen LogP contribution in [-0.4, -0.2) is 41.7 Å². The van der Waals surface area contributed by atoms with Crippen LogP contribution in [0.1, 0.15) is 30.7 Å². The van der Waals surface area contributed by atoms with Crippen LogP contribution in [-0.2, 0) is 17.4 Å². The lowest BCUT2D eigenvalue weighted by Crippen LogP contribution is -2.37. The average molecular weight is 382 g/mol. The zero-order valence-corrected chi connectivity index (χ0v) is 16.5. The van der Waals surface area contributed by atoms with Crippen LogP contribution in [0.4, 0.5) is 0 Å². The molecule has 1 aromatic heterocycles. The van der Waals surface area contributed by atoms with Gasteiger partial charge in [0.05, 0.1) is 10.0 Å². The third kappa shape index (κ3) is 3.87. The lowest BCUT2D eigenvalue weighted by atomic mass is 9.87. The molecule has 1 atom stereocenters. The molecule has 1 unspecified atom stereocenters. The SMILES string of the molecule is CN(C)CCCOC(c1ccc(Cl)c(Cl)c1)(c1nccn1C)C1CC1.